The number of benzene rings is 3. The second-order valence-electron chi connectivity index (χ2n) is 7.06. The van der Waals surface area contributed by atoms with Crippen LogP contribution in [0.3, 0.4) is 0 Å². The first-order valence-electron chi connectivity index (χ1n) is 10.2. The summed E-state index contributed by atoms with van der Waals surface area (Å²) in [5, 5.41) is 4.89. The fourth-order valence-corrected chi connectivity index (χ4v) is 3.57. The number of hydrazone groups is 1. The van der Waals surface area contributed by atoms with Gasteiger partial charge in [0.1, 0.15) is 0 Å². The van der Waals surface area contributed by atoms with Crippen LogP contribution >= 0.6 is 0 Å². The van der Waals surface area contributed by atoms with Crippen molar-refractivity contribution in [2.24, 2.45) is 5.10 Å². The number of rotatable bonds is 7. The maximum absolute atomic E-state index is 13.1. The van der Waals surface area contributed by atoms with Crippen LogP contribution < -0.4 is 19.6 Å². The fourth-order valence-electron chi connectivity index (χ4n) is 3.57. The Labute approximate surface area is 191 Å². The maximum atomic E-state index is 13.1. The molecular formula is C26H23N3O4. The van der Waals surface area contributed by atoms with E-state index in [1.165, 1.54) is 20.4 Å². The molecule has 4 aromatic rings. The molecule has 1 amide bonds. The average molecular weight is 441 g/mol. The predicted molar refractivity (Wildman–Crippen MR) is 128 cm³/mol. The third kappa shape index (κ3) is 4.48. The molecule has 0 atom stereocenters. The number of ether oxygens (including phenoxy) is 3. The van der Waals surface area contributed by atoms with Crippen LogP contribution in [0.5, 0.6) is 17.2 Å². The molecule has 1 heterocycles. The van der Waals surface area contributed by atoms with Gasteiger partial charge in [-0.05, 0) is 24.3 Å². The van der Waals surface area contributed by atoms with Gasteiger partial charge in [-0.1, -0.05) is 48.5 Å². The van der Waals surface area contributed by atoms with Crippen LogP contribution in [0.4, 0.5) is 0 Å². The highest BCUT2D eigenvalue weighted by Gasteiger charge is 2.16. The van der Waals surface area contributed by atoms with Crippen LogP contribution in [0.15, 0.2) is 77.9 Å². The second-order valence-corrected chi connectivity index (χ2v) is 7.06. The summed E-state index contributed by atoms with van der Waals surface area (Å²) in [7, 11) is 4.61. The Kier molecular flexibility index (Phi) is 6.50. The summed E-state index contributed by atoms with van der Waals surface area (Å²) in [6, 6.07) is 22.5. The molecule has 1 aromatic heterocycles. The zero-order valence-electron chi connectivity index (χ0n) is 18.5. The van der Waals surface area contributed by atoms with Gasteiger partial charge in [-0.25, -0.2) is 10.4 Å². The first kappa shape index (κ1) is 21.8. The summed E-state index contributed by atoms with van der Waals surface area (Å²) in [4.78, 5) is 17.8. The standard InChI is InChI=1S/C26H23N3O4/c1-31-23-14-13-18(24(32-2)25(23)33-3)16-27-29-26(30)20-15-22(17-9-5-4-6-10-17)28-21-12-8-7-11-19(20)21/h4-16H,1-3H3,(H,29,30)/b27-16-. The number of hydrogen-bond acceptors (Lipinski definition) is 6. The molecule has 0 saturated heterocycles. The molecule has 7 nitrogen and oxygen atoms in total. The molecule has 3 aromatic carbocycles. The quantitative estimate of drug-likeness (QED) is 0.332. The van der Waals surface area contributed by atoms with Gasteiger partial charge < -0.3 is 14.2 Å². The fraction of sp³-hybridized carbons (Fsp3) is 0.115. The van der Waals surface area contributed by atoms with Crippen LogP contribution in [-0.4, -0.2) is 38.4 Å². The minimum absolute atomic E-state index is 0.346. The van der Waals surface area contributed by atoms with Crippen LogP contribution in [0, 0.1) is 0 Å². The van der Waals surface area contributed by atoms with E-state index in [4.69, 9.17) is 19.2 Å². The van der Waals surface area contributed by atoms with Gasteiger partial charge in [-0.2, -0.15) is 5.10 Å². The van der Waals surface area contributed by atoms with E-state index in [9.17, 15) is 4.79 Å². The number of carbonyl (C=O) groups excluding carboxylic acids is 1. The summed E-state index contributed by atoms with van der Waals surface area (Å²) >= 11 is 0. The Morgan fingerprint density at radius 1 is 0.879 bits per heavy atom. The van der Waals surface area contributed by atoms with Crippen molar-refractivity contribution >= 4 is 23.0 Å². The van der Waals surface area contributed by atoms with Gasteiger partial charge in [0.15, 0.2) is 11.5 Å². The van der Waals surface area contributed by atoms with Crippen molar-refractivity contribution in [1.29, 1.82) is 0 Å². The number of methoxy groups -OCH3 is 3. The number of hydrogen-bond donors (Lipinski definition) is 1. The molecule has 0 unspecified atom stereocenters. The number of aromatic nitrogens is 1. The Morgan fingerprint density at radius 3 is 2.33 bits per heavy atom. The van der Waals surface area contributed by atoms with E-state index < -0.39 is 0 Å². The normalized spacial score (nSPS) is 10.9. The molecule has 4 rings (SSSR count). The predicted octanol–water partition coefficient (Wildman–Crippen LogP) is 4.69. The number of pyridine rings is 1. The Balaban J connectivity index is 1.66. The lowest BCUT2D eigenvalue weighted by Gasteiger charge is -2.13. The Bertz CT molecular complexity index is 1320. The first-order valence-corrected chi connectivity index (χ1v) is 10.2. The largest absolute Gasteiger partial charge is 0.493 e. The van der Waals surface area contributed by atoms with Gasteiger partial charge in [0.2, 0.25) is 5.75 Å². The van der Waals surface area contributed by atoms with Crippen molar-refractivity contribution in [1.82, 2.24) is 10.4 Å². The third-order valence-corrected chi connectivity index (χ3v) is 5.13. The van der Waals surface area contributed by atoms with Crippen LogP contribution in [-0.2, 0) is 0 Å². The number of nitrogens with one attached hydrogen (secondary N) is 1. The summed E-state index contributed by atoms with van der Waals surface area (Å²) in [6.45, 7) is 0. The van der Waals surface area contributed by atoms with Crippen molar-refractivity contribution in [2.75, 3.05) is 21.3 Å². The average Bonchev–Trinajstić information content (AvgIpc) is 2.87. The van der Waals surface area contributed by atoms with Gasteiger partial charge >= 0.3 is 0 Å². The van der Waals surface area contributed by atoms with Crippen LogP contribution in [0.1, 0.15) is 15.9 Å². The van der Waals surface area contributed by atoms with Gasteiger partial charge in [0.05, 0.1) is 44.3 Å². The van der Waals surface area contributed by atoms with E-state index in [0.717, 1.165) is 16.5 Å². The summed E-state index contributed by atoms with van der Waals surface area (Å²) < 4.78 is 16.1. The minimum Gasteiger partial charge on any atom is -0.493 e. The number of para-hydroxylation sites is 1. The van der Waals surface area contributed by atoms with E-state index in [0.29, 0.717) is 34.1 Å². The van der Waals surface area contributed by atoms with Crippen molar-refractivity contribution < 1.29 is 19.0 Å². The lowest BCUT2D eigenvalue weighted by molar-refractivity contribution is 0.0956. The van der Waals surface area contributed by atoms with Gasteiger partial charge in [-0.15, -0.1) is 0 Å². The van der Waals surface area contributed by atoms with Gasteiger partial charge in [-0.3, -0.25) is 4.79 Å². The molecule has 0 spiro atoms. The molecular weight excluding hydrogens is 418 g/mol. The zero-order valence-corrected chi connectivity index (χ0v) is 18.5. The lowest BCUT2D eigenvalue weighted by Crippen LogP contribution is -2.18. The molecule has 1 N–H and O–H groups in total. The van der Waals surface area contributed by atoms with Crippen molar-refractivity contribution in [3.8, 4) is 28.5 Å². The van der Waals surface area contributed by atoms with E-state index in [1.54, 1.807) is 25.3 Å². The zero-order chi connectivity index (χ0) is 23.2. The van der Waals surface area contributed by atoms with E-state index in [-0.39, 0.29) is 5.91 Å². The highest BCUT2D eigenvalue weighted by Crippen LogP contribution is 2.39. The molecule has 0 bridgehead atoms. The molecule has 33 heavy (non-hydrogen) atoms. The topological polar surface area (TPSA) is 82.0 Å². The highest BCUT2D eigenvalue weighted by atomic mass is 16.5. The van der Waals surface area contributed by atoms with Crippen molar-refractivity contribution in [2.45, 2.75) is 0 Å². The SMILES string of the molecule is COc1ccc(/C=N\NC(=O)c2cc(-c3ccccc3)nc3ccccc23)c(OC)c1OC. The number of amides is 1. The van der Waals surface area contributed by atoms with Crippen LogP contribution in [0.2, 0.25) is 0 Å². The first-order chi connectivity index (χ1) is 16.2. The monoisotopic (exact) mass is 441 g/mol. The maximum Gasteiger partial charge on any atom is 0.272 e. The molecule has 0 radical (unpaired) electrons. The third-order valence-electron chi connectivity index (χ3n) is 5.13. The van der Waals surface area contributed by atoms with E-state index >= 15 is 0 Å². The molecule has 0 saturated carbocycles. The van der Waals surface area contributed by atoms with Gasteiger partial charge in [0.25, 0.3) is 5.91 Å². The molecule has 0 fully saturated rings. The lowest BCUT2D eigenvalue weighted by atomic mass is 10.0. The highest BCUT2D eigenvalue weighted by molar-refractivity contribution is 6.07. The molecule has 0 aliphatic carbocycles. The summed E-state index contributed by atoms with van der Waals surface area (Å²) in [5.74, 6) is 1.09. The molecule has 7 heteroatoms. The second kappa shape index (κ2) is 9.82. The Hall–Kier alpha value is -4.39. The molecule has 166 valence electrons. The Morgan fingerprint density at radius 2 is 1.61 bits per heavy atom. The number of nitrogens with zero attached hydrogens (tertiary/aromatic N) is 2. The smallest absolute Gasteiger partial charge is 0.272 e. The van der Waals surface area contributed by atoms with Gasteiger partial charge in [0, 0.05) is 16.5 Å². The van der Waals surface area contributed by atoms with Crippen molar-refractivity contribution in [3.63, 3.8) is 0 Å². The molecule has 0 aliphatic heterocycles. The van der Waals surface area contributed by atoms with E-state index in [1.807, 2.05) is 54.6 Å². The summed E-state index contributed by atoms with van der Waals surface area (Å²) in [6.07, 6.45) is 1.50. The van der Waals surface area contributed by atoms with Crippen LogP contribution in [0.25, 0.3) is 22.2 Å². The minimum atomic E-state index is -0.346. The number of carbonyl (C=O) groups is 1. The molecule has 0 aliphatic rings. The van der Waals surface area contributed by atoms with Crippen molar-refractivity contribution in [3.05, 3.63) is 83.9 Å². The van der Waals surface area contributed by atoms with E-state index in [2.05, 4.69) is 10.5 Å². The summed E-state index contributed by atoms with van der Waals surface area (Å²) in [5.41, 5.74) is 6.09. The number of fused-ring (bicyclic) bond motifs is 1.